The number of likely N-dealkylation sites (tertiary alicyclic amines) is 1. The van der Waals surface area contributed by atoms with E-state index in [9.17, 15) is 13.2 Å². The van der Waals surface area contributed by atoms with Crippen LogP contribution in [0.5, 0.6) is 0 Å². The van der Waals surface area contributed by atoms with Crippen LogP contribution < -0.4 is 0 Å². The van der Waals surface area contributed by atoms with E-state index in [1.54, 1.807) is 18.2 Å². The average molecular weight is 423 g/mol. The van der Waals surface area contributed by atoms with Gasteiger partial charge in [-0.2, -0.15) is 13.1 Å². The Morgan fingerprint density at radius 2 is 1.79 bits per heavy atom. The molecule has 0 unspecified atom stereocenters. The second-order valence-corrected chi connectivity index (χ2v) is 10.7. The number of carbonyl (C=O) groups excluding carboxylic acids is 1. The summed E-state index contributed by atoms with van der Waals surface area (Å²) in [7, 11) is -3.64. The molecule has 2 aliphatic rings. The van der Waals surface area contributed by atoms with Gasteiger partial charge in [0.15, 0.2) is 0 Å². The Bertz CT molecular complexity index is 956. The maximum absolute atomic E-state index is 13.1. The van der Waals surface area contributed by atoms with Crippen molar-refractivity contribution in [3.05, 3.63) is 18.2 Å². The lowest BCUT2D eigenvalue weighted by Crippen LogP contribution is -2.48. The Morgan fingerprint density at radius 3 is 2.46 bits per heavy atom. The van der Waals surface area contributed by atoms with Crippen molar-refractivity contribution in [1.82, 2.24) is 18.0 Å². The summed E-state index contributed by atoms with van der Waals surface area (Å²) >= 11 is 1.02. The van der Waals surface area contributed by atoms with Crippen LogP contribution in [-0.2, 0) is 14.8 Å². The highest BCUT2D eigenvalue weighted by Crippen LogP contribution is 2.30. The first-order chi connectivity index (χ1) is 13.4. The Hall–Kier alpha value is -1.58. The summed E-state index contributed by atoms with van der Waals surface area (Å²) in [5.74, 6) is 1.17. The molecule has 0 spiro atoms. The summed E-state index contributed by atoms with van der Waals surface area (Å²) in [6.07, 6.45) is 2.31. The molecule has 28 heavy (non-hydrogen) atoms. The molecule has 152 valence electrons. The number of amides is 1. The van der Waals surface area contributed by atoms with Crippen LogP contribution in [0.2, 0.25) is 0 Å². The van der Waals surface area contributed by atoms with Crippen LogP contribution in [0, 0.1) is 17.8 Å². The zero-order chi connectivity index (χ0) is 19.9. The normalized spacial score (nSPS) is 25.3. The number of nitrogens with zero attached hydrogens (tertiary/aromatic N) is 4. The third-order valence-corrected chi connectivity index (χ3v) is 8.32. The third-order valence-electron chi connectivity index (χ3n) is 5.85. The highest BCUT2D eigenvalue weighted by molar-refractivity contribution is 7.89. The highest BCUT2D eigenvalue weighted by Gasteiger charge is 2.36. The third kappa shape index (κ3) is 3.67. The maximum atomic E-state index is 13.1. The fraction of sp³-hybridized carbons (Fsp3) is 0.632. The Kier molecular flexibility index (Phi) is 5.41. The summed E-state index contributed by atoms with van der Waals surface area (Å²) in [4.78, 5) is 15.2. The largest absolute Gasteiger partial charge is 0.342 e. The van der Waals surface area contributed by atoms with E-state index in [1.165, 1.54) is 4.31 Å². The second-order valence-electron chi connectivity index (χ2n) is 8.26. The predicted octanol–water partition coefficient (Wildman–Crippen LogP) is 2.60. The number of fused-ring (bicyclic) bond motifs is 1. The van der Waals surface area contributed by atoms with Crippen molar-refractivity contribution in [3.63, 3.8) is 0 Å². The molecule has 4 rings (SSSR count). The van der Waals surface area contributed by atoms with Gasteiger partial charge in [0.05, 0.1) is 11.7 Å². The molecule has 2 aromatic rings. The quantitative estimate of drug-likeness (QED) is 0.759. The standard InChI is InChI=1S/C19H26N4O3S2/c1-13-10-14(2)12-22(11-13)19(24)15-6-8-23(9-7-15)28(25,26)17-5-3-4-16-18(17)21-27-20-16/h3-5,13-15H,6-12H2,1-2H3/t13-,14-/m0/s1. The van der Waals surface area contributed by atoms with E-state index in [4.69, 9.17) is 0 Å². The van der Waals surface area contributed by atoms with Crippen LogP contribution in [0.4, 0.5) is 0 Å². The number of hydrogen-bond donors (Lipinski definition) is 0. The van der Waals surface area contributed by atoms with Crippen LogP contribution in [0.15, 0.2) is 23.1 Å². The first-order valence-electron chi connectivity index (χ1n) is 9.86. The summed E-state index contributed by atoms with van der Waals surface area (Å²) in [6, 6.07) is 5.06. The first kappa shape index (κ1) is 19.7. The summed E-state index contributed by atoms with van der Waals surface area (Å²) in [5, 5.41) is 0. The van der Waals surface area contributed by atoms with Crippen molar-refractivity contribution in [2.24, 2.45) is 17.8 Å². The molecule has 0 aliphatic carbocycles. The van der Waals surface area contributed by atoms with E-state index in [2.05, 4.69) is 22.6 Å². The van der Waals surface area contributed by atoms with E-state index in [0.29, 0.717) is 48.8 Å². The molecule has 0 bridgehead atoms. The van der Waals surface area contributed by atoms with Crippen molar-refractivity contribution in [1.29, 1.82) is 0 Å². The lowest BCUT2D eigenvalue weighted by atomic mass is 9.89. The molecule has 0 radical (unpaired) electrons. The van der Waals surface area contributed by atoms with Crippen molar-refractivity contribution in [2.45, 2.75) is 38.0 Å². The number of sulfonamides is 1. The van der Waals surface area contributed by atoms with Gasteiger partial charge in [-0.3, -0.25) is 4.79 Å². The molecule has 2 aliphatic heterocycles. The fourth-order valence-corrected chi connectivity index (χ4v) is 6.80. The van der Waals surface area contributed by atoms with Crippen molar-refractivity contribution < 1.29 is 13.2 Å². The molecule has 2 saturated heterocycles. The predicted molar refractivity (Wildman–Crippen MR) is 108 cm³/mol. The minimum absolute atomic E-state index is 0.0827. The van der Waals surface area contributed by atoms with Crippen molar-refractivity contribution in [3.8, 4) is 0 Å². The number of aromatic nitrogens is 2. The van der Waals surface area contributed by atoms with E-state index < -0.39 is 10.0 Å². The number of carbonyl (C=O) groups is 1. The van der Waals surface area contributed by atoms with E-state index in [1.807, 2.05) is 4.90 Å². The van der Waals surface area contributed by atoms with Crippen LogP contribution in [0.3, 0.4) is 0 Å². The average Bonchev–Trinajstić information content (AvgIpc) is 3.15. The van der Waals surface area contributed by atoms with Gasteiger partial charge in [-0.1, -0.05) is 19.9 Å². The molecule has 0 N–H and O–H groups in total. The molecule has 2 fully saturated rings. The molecule has 1 aromatic carbocycles. The van der Waals surface area contributed by atoms with E-state index in [-0.39, 0.29) is 16.7 Å². The SMILES string of the molecule is C[C@H]1C[C@H](C)CN(C(=O)C2CCN(S(=O)(=O)c3cccc4nsnc34)CC2)C1. The van der Waals surface area contributed by atoms with Gasteiger partial charge < -0.3 is 4.90 Å². The monoisotopic (exact) mass is 422 g/mol. The van der Waals surface area contributed by atoms with Crippen LogP contribution >= 0.6 is 11.7 Å². The minimum Gasteiger partial charge on any atom is -0.342 e. The maximum Gasteiger partial charge on any atom is 0.245 e. The van der Waals surface area contributed by atoms with Gasteiger partial charge in [0.25, 0.3) is 0 Å². The highest BCUT2D eigenvalue weighted by atomic mass is 32.2. The molecule has 7 nitrogen and oxygen atoms in total. The van der Waals surface area contributed by atoms with Crippen LogP contribution in [0.25, 0.3) is 11.0 Å². The lowest BCUT2D eigenvalue weighted by Gasteiger charge is -2.39. The van der Waals surface area contributed by atoms with Gasteiger partial charge in [-0.25, -0.2) is 8.42 Å². The Labute approximate surface area is 170 Å². The van der Waals surface area contributed by atoms with Gasteiger partial charge in [0.1, 0.15) is 15.9 Å². The zero-order valence-electron chi connectivity index (χ0n) is 16.2. The van der Waals surface area contributed by atoms with Gasteiger partial charge in [-0.05, 0) is 43.2 Å². The number of benzene rings is 1. The molecule has 3 heterocycles. The number of piperidine rings is 2. The van der Waals surface area contributed by atoms with Gasteiger partial charge >= 0.3 is 0 Å². The Balaban J connectivity index is 1.45. The number of hydrogen-bond acceptors (Lipinski definition) is 6. The molecule has 9 heteroatoms. The molecule has 1 amide bonds. The lowest BCUT2D eigenvalue weighted by molar-refractivity contribution is -0.139. The van der Waals surface area contributed by atoms with Crippen molar-refractivity contribution in [2.75, 3.05) is 26.2 Å². The fourth-order valence-electron chi connectivity index (χ4n) is 4.57. The van der Waals surface area contributed by atoms with Crippen molar-refractivity contribution >= 4 is 38.7 Å². The number of rotatable bonds is 3. The van der Waals surface area contributed by atoms with E-state index in [0.717, 1.165) is 31.2 Å². The summed E-state index contributed by atoms with van der Waals surface area (Å²) < 4.78 is 36.1. The molecule has 2 atom stereocenters. The molecule has 0 saturated carbocycles. The van der Waals surface area contributed by atoms with E-state index >= 15 is 0 Å². The zero-order valence-corrected chi connectivity index (χ0v) is 17.9. The molecular weight excluding hydrogens is 396 g/mol. The molecular formula is C19H26N4O3S2. The summed E-state index contributed by atoms with van der Waals surface area (Å²) in [6.45, 7) is 6.76. The van der Waals surface area contributed by atoms with Gasteiger partial charge in [0, 0.05) is 32.1 Å². The Morgan fingerprint density at radius 1 is 1.11 bits per heavy atom. The first-order valence-corrected chi connectivity index (χ1v) is 12.0. The minimum atomic E-state index is -3.64. The van der Waals surface area contributed by atoms with Gasteiger partial charge in [0.2, 0.25) is 15.9 Å². The topological polar surface area (TPSA) is 83.5 Å². The second kappa shape index (κ2) is 7.68. The molecule has 1 aromatic heterocycles. The van der Waals surface area contributed by atoms with Crippen LogP contribution in [-0.4, -0.2) is 58.5 Å². The van der Waals surface area contributed by atoms with Crippen LogP contribution in [0.1, 0.15) is 33.1 Å². The summed E-state index contributed by atoms with van der Waals surface area (Å²) in [5.41, 5.74) is 1.03. The van der Waals surface area contributed by atoms with Gasteiger partial charge in [-0.15, -0.1) is 0 Å². The smallest absolute Gasteiger partial charge is 0.245 e.